The maximum absolute atomic E-state index is 13.3. The number of fused-ring (bicyclic) bond motifs is 1. The van der Waals surface area contributed by atoms with Gasteiger partial charge in [-0.1, -0.05) is 0 Å². The Labute approximate surface area is 115 Å². The first kappa shape index (κ1) is 12.6. The van der Waals surface area contributed by atoms with Crippen molar-refractivity contribution < 1.29 is 8.78 Å². The summed E-state index contributed by atoms with van der Waals surface area (Å²) in [5.41, 5.74) is 2.85. The molecule has 100 valence electrons. The van der Waals surface area contributed by atoms with Crippen LogP contribution in [-0.2, 0) is 6.42 Å². The zero-order valence-electron chi connectivity index (χ0n) is 10.7. The average molecular weight is 279 g/mol. The van der Waals surface area contributed by atoms with Gasteiger partial charge in [0, 0.05) is 33.1 Å². The molecule has 4 heteroatoms. The van der Waals surface area contributed by atoms with Crippen LogP contribution in [0.2, 0.25) is 0 Å². The van der Waals surface area contributed by atoms with E-state index < -0.39 is 6.43 Å². The quantitative estimate of drug-likeness (QED) is 0.814. The van der Waals surface area contributed by atoms with Crippen molar-refractivity contribution >= 4 is 17.0 Å². The van der Waals surface area contributed by atoms with Crippen LogP contribution in [-0.4, -0.2) is 6.54 Å². The van der Waals surface area contributed by atoms with E-state index in [2.05, 4.69) is 5.32 Å². The third kappa shape index (κ3) is 2.37. The van der Waals surface area contributed by atoms with Crippen LogP contribution in [0.25, 0.3) is 10.4 Å². The predicted molar refractivity (Wildman–Crippen MR) is 76.3 cm³/mol. The Bertz CT molecular complexity index is 604. The molecule has 1 aromatic carbocycles. The summed E-state index contributed by atoms with van der Waals surface area (Å²) >= 11 is 1.57. The number of thiophene rings is 1. The maximum Gasteiger partial charge on any atom is 0.264 e. The predicted octanol–water partition coefficient (Wildman–Crippen LogP) is 5.02. The lowest BCUT2D eigenvalue weighted by Gasteiger charge is -2.21. The Hall–Kier alpha value is -1.42. The first-order chi connectivity index (χ1) is 9.15. The van der Waals surface area contributed by atoms with Crippen molar-refractivity contribution in [3.63, 3.8) is 0 Å². The molecule has 0 unspecified atom stereocenters. The summed E-state index contributed by atoms with van der Waals surface area (Å²) < 4.78 is 26.5. The van der Waals surface area contributed by atoms with Crippen LogP contribution in [0, 0.1) is 6.92 Å². The second kappa shape index (κ2) is 4.93. The van der Waals surface area contributed by atoms with Crippen LogP contribution in [0.15, 0.2) is 24.3 Å². The number of benzene rings is 1. The second-order valence-corrected chi connectivity index (χ2v) is 6.13. The zero-order chi connectivity index (χ0) is 13.4. The molecule has 2 heterocycles. The first-order valence-electron chi connectivity index (χ1n) is 6.41. The SMILES string of the molecule is Cc1ccc(-c2cc3c(cc2C(F)F)NCCC3)s1. The minimum atomic E-state index is -2.44. The van der Waals surface area contributed by atoms with Gasteiger partial charge < -0.3 is 5.32 Å². The highest BCUT2D eigenvalue weighted by Gasteiger charge is 2.20. The topological polar surface area (TPSA) is 12.0 Å². The van der Waals surface area contributed by atoms with E-state index in [4.69, 9.17) is 0 Å². The summed E-state index contributed by atoms with van der Waals surface area (Å²) in [4.78, 5) is 2.08. The van der Waals surface area contributed by atoms with E-state index in [-0.39, 0.29) is 5.56 Å². The molecule has 0 radical (unpaired) electrons. The van der Waals surface area contributed by atoms with Crippen LogP contribution in [0.1, 0.15) is 28.9 Å². The lowest BCUT2D eigenvalue weighted by atomic mass is 9.96. The normalized spacial score (nSPS) is 14.3. The molecule has 1 nitrogen and oxygen atoms in total. The lowest BCUT2D eigenvalue weighted by molar-refractivity contribution is 0.152. The number of halogens is 2. The van der Waals surface area contributed by atoms with E-state index in [1.54, 1.807) is 17.4 Å². The van der Waals surface area contributed by atoms with E-state index in [1.165, 1.54) is 0 Å². The smallest absolute Gasteiger partial charge is 0.264 e. The van der Waals surface area contributed by atoms with E-state index in [9.17, 15) is 8.78 Å². The minimum absolute atomic E-state index is 0.134. The van der Waals surface area contributed by atoms with Crippen LogP contribution in [0.3, 0.4) is 0 Å². The Morgan fingerprint density at radius 3 is 2.79 bits per heavy atom. The van der Waals surface area contributed by atoms with E-state index >= 15 is 0 Å². The molecular weight excluding hydrogens is 264 g/mol. The summed E-state index contributed by atoms with van der Waals surface area (Å²) in [5, 5.41) is 3.21. The van der Waals surface area contributed by atoms with Crippen molar-refractivity contribution in [3.8, 4) is 10.4 Å². The van der Waals surface area contributed by atoms with Gasteiger partial charge in [-0.05, 0) is 49.6 Å². The molecule has 1 N–H and O–H groups in total. The van der Waals surface area contributed by atoms with Crippen LogP contribution >= 0.6 is 11.3 Å². The van der Waals surface area contributed by atoms with Gasteiger partial charge in [-0.2, -0.15) is 0 Å². The van der Waals surface area contributed by atoms with Crippen molar-refractivity contribution in [3.05, 3.63) is 40.3 Å². The Morgan fingerprint density at radius 1 is 1.26 bits per heavy atom. The maximum atomic E-state index is 13.3. The third-order valence-electron chi connectivity index (χ3n) is 3.45. The van der Waals surface area contributed by atoms with Gasteiger partial charge in [0.1, 0.15) is 0 Å². The molecule has 0 aliphatic carbocycles. The molecule has 2 aromatic rings. The Morgan fingerprint density at radius 2 is 2.11 bits per heavy atom. The van der Waals surface area contributed by atoms with Crippen molar-refractivity contribution in [2.24, 2.45) is 0 Å². The zero-order valence-corrected chi connectivity index (χ0v) is 11.5. The van der Waals surface area contributed by atoms with Crippen molar-refractivity contribution in [1.29, 1.82) is 0 Å². The second-order valence-electron chi connectivity index (χ2n) is 4.84. The van der Waals surface area contributed by atoms with E-state index in [0.29, 0.717) is 5.56 Å². The number of rotatable bonds is 2. The molecule has 1 aromatic heterocycles. The number of alkyl halides is 2. The summed E-state index contributed by atoms with van der Waals surface area (Å²) in [6, 6.07) is 7.48. The van der Waals surface area contributed by atoms with Gasteiger partial charge in [0.05, 0.1) is 0 Å². The molecular formula is C15H15F2NS. The molecule has 19 heavy (non-hydrogen) atoms. The fourth-order valence-corrected chi connectivity index (χ4v) is 3.41. The number of hydrogen-bond acceptors (Lipinski definition) is 2. The van der Waals surface area contributed by atoms with Crippen LogP contribution < -0.4 is 5.32 Å². The molecule has 0 saturated carbocycles. The highest BCUT2D eigenvalue weighted by Crippen LogP contribution is 2.39. The highest BCUT2D eigenvalue weighted by atomic mass is 32.1. The molecule has 0 spiro atoms. The highest BCUT2D eigenvalue weighted by molar-refractivity contribution is 7.15. The molecule has 0 atom stereocenters. The van der Waals surface area contributed by atoms with Gasteiger partial charge in [0.2, 0.25) is 0 Å². The van der Waals surface area contributed by atoms with E-state index in [1.807, 2.05) is 25.1 Å². The standard InChI is InChI=1S/C15H15F2NS/c1-9-4-5-14(19-9)11-7-10-3-2-6-18-13(10)8-12(11)15(16)17/h4-5,7-8,15,18H,2-3,6H2,1H3. The number of anilines is 1. The number of aryl methyl sites for hydroxylation is 2. The number of hydrogen-bond donors (Lipinski definition) is 1. The third-order valence-corrected chi connectivity index (χ3v) is 4.49. The van der Waals surface area contributed by atoms with Gasteiger partial charge in [-0.15, -0.1) is 11.3 Å². The van der Waals surface area contributed by atoms with Gasteiger partial charge in [0.25, 0.3) is 6.43 Å². The molecule has 1 aliphatic rings. The minimum Gasteiger partial charge on any atom is -0.385 e. The summed E-state index contributed by atoms with van der Waals surface area (Å²) in [5.74, 6) is 0. The Kier molecular flexibility index (Phi) is 3.27. The van der Waals surface area contributed by atoms with Crippen molar-refractivity contribution in [2.45, 2.75) is 26.2 Å². The largest absolute Gasteiger partial charge is 0.385 e. The van der Waals surface area contributed by atoms with Gasteiger partial charge in [0.15, 0.2) is 0 Å². The first-order valence-corrected chi connectivity index (χ1v) is 7.22. The van der Waals surface area contributed by atoms with Gasteiger partial charge in [-0.3, -0.25) is 0 Å². The van der Waals surface area contributed by atoms with Crippen molar-refractivity contribution in [2.75, 3.05) is 11.9 Å². The molecule has 0 amide bonds. The lowest BCUT2D eigenvalue weighted by Crippen LogP contribution is -2.12. The molecule has 0 saturated heterocycles. The van der Waals surface area contributed by atoms with Gasteiger partial charge >= 0.3 is 0 Å². The van der Waals surface area contributed by atoms with E-state index in [0.717, 1.165) is 40.4 Å². The summed E-state index contributed by atoms with van der Waals surface area (Å²) in [6.45, 7) is 2.86. The average Bonchev–Trinajstić information content (AvgIpc) is 2.83. The molecule has 0 bridgehead atoms. The fourth-order valence-electron chi connectivity index (χ4n) is 2.51. The van der Waals surface area contributed by atoms with Crippen molar-refractivity contribution in [1.82, 2.24) is 0 Å². The Balaban J connectivity index is 2.16. The summed E-state index contributed by atoms with van der Waals surface area (Å²) in [6.07, 6.45) is -0.418. The summed E-state index contributed by atoms with van der Waals surface area (Å²) in [7, 11) is 0. The van der Waals surface area contributed by atoms with Crippen LogP contribution in [0.5, 0.6) is 0 Å². The van der Waals surface area contributed by atoms with Gasteiger partial charge in [-0.25, -0.2) is 8.78 Å². The fraction of sp³-hybridized carbons (Fsp3) is 0.333. The molecule has 0 fully saturated rings. The monoisotopic (exact) mass is 279 g/mol. The number of nitrogens with one attached hydrogen (secondary N) is 1. The molecule has 3 rings (SSSR count). The van der Waals surface area contributed by atoms with Crippen LogP contribution in [0.4, 0.5) is 14.5 Å². The molecule has 1 aliphatic heterocycles.